The SMILES string of the molecule is CCN(CCN1CCCC1)S(=O)(=O)c1ccccc1C#N. The average molecular weight is 307 g/mol. The van der Waals surface area contributed by atoms with Crippen molar-refractivity contribution >= 4 is 10.0 Å². The van der Waals surface area contributed by atoms with E-state index in [-0.39, 0.29) is 10.5 Å². The van der Waals surface area contributed by atoms with Gasteiger partial charge in [0.1, 0.15) is 6.07 Å². The van der Waals surface area contributed by atoms with E-state index < -0.39 is 10.0 Å². The Morgan fingerprint density at radius 1 is 1.29 bits per heavy atom. The maximum absolute atomic E-state index is 12.7. The molecule has 0 amide bonds. The van der Waals surface area contributed by atoms with Gasteiger partial charge in [0.2, 0.25) is 10.0 Å². The third kappa shape index (κ3) is 3.62. The lowest BCUT2D eigenvalue weighted by atomic mass is 10.2. The Labute approximate surface area is 126 Å². The Kier molecular flexibility index (Phi) is 5.34. The summed E-state index contributed by atoms with van der Waals surface area (Å²) in [5.74, 6) is 0. The van der Waals surface area contributed by atoms with Gasteiger partial charge < -0.3 is 4.90 Å². The van der Waals surface area contributed by atoms with Crippen LogP contribution in [-0.2, 0) is 10.0 Å². The molecule has 1 aliphatic rings. The molecule has 2 rings (SSSR count). The second kappa shape index (κ2) is 7.03. The van der Waals surface area contributed by atoms with Crippen LogP contribution in [0, 0.1) is 11.3 Å². The van der Waals surface area contributed by atoms with E-state index in [0.717, 1.165) is 19.6 Å². The van der Waals surface area contributed by atoms with E-state index in [4.69, 9.17) is 5.26 Å². The van der Waals surface area contributed by atoms with Crippen LogP contribution >= 0.6 is 0 Å². The molecule has 1 aromatic carbocycles. The van der Waals surface area contributed by atoms with Crippen molar-refractivity contribution in [1.29, 1.82) is 5.26 Å². The second-order valence-electron chi connectivity index (χ2n) is 5.15. The molecule has 5 nitrogen and oxygen atoms in total. The van der Waals surface area contributed by atoms with E-state index in [1.54, 1.807) is 18.2 Å². The molecule has 0 N–H and O–H groups in total. The topological polar surface area (TPSA) is 64.4 Å². The summed E-state index contributed by atoms with van der Waals surface area (Å²) in [4.78, 5) is 2.39. The highest BCUT2D eigenvalue weighted by Crippen LogP contribution is 2.19. The molecular weight excluding hydrogens is 286 g/mol. The molecule has 0 unspecified atom stereocenters. The third-order valence-corrected chi connectivity index (χ3v) is 5.87. The lowest BCUT2D eigenvalue weighted by Crippen LogP contribution is -2.38. The maximum Gasteiger partial charge on any atom is 0.244 e. The predicted molar refractivity (Wildman–Crippen MR) is 81.3 cm³/mol. The standard InChI is InChI=1S/C15H21N3O2S/c1-2-18(12-11-17-9-5-6-10-17)21(19,20)15-8-4-3-7-14(15)13-16/h3-4,7-8H,2,5-6,9-12H2,1H3. The summed E-state index contributed by atoms with van der Waals surface area (Å²) in [7, 11) is -3.60. The van der Waals surface area contributed by atoms with Gasteiger partial charge in [-0.25, -0.2) is 8.42 Å². The molecule has 1 aromatic rings. The van der Waals surface area contributed by atoms with Gasteiger partial charge in [-0.15, -0.1) is 0 Å². The van der Waals surface area contributed by atoms with Crippen molar-refractivity contribution in [3.05, 3.63) is 29.8 Å². The molecule has 6 heteroatoms. The quantitative estimate of drug-likeness (QED) is 0.802. The van der Waals surface area contributed by atoms with E-state index in [1.807, 2.05) is 13.0 Å². The van der Waals surface area contributed by atoms with Crippen molar-refractivity contribution in [2.75, 3.05) is 32.7 Å². The minimum atomic E-state index is -3.60. The molecule has 0 aromatic heterocycles. The molecule has 0 bridgehead atoms. The molecule has 0 atom stereocenters. The molecule has 1 fully saturated rings. The average Bonchev–Trinajstić information content (AvgIpc) is 3.01. The van der Waals surface area contributed by atoms with E-state index in [0.29, 0.717) is 13.1 Å². The van der Waals surface area contributed by atoms with E-state index in [2.05, 4.69) is 4.90 Å². The minimum absolute atomic E-state index is 0.107. The van der Waals surface area contributed by atoms with Crippen LogP contribution in [0.2, 0.25) is 0 Å². The first-order valence-corrected chi connectivity index (χ1v) is 8.75. The third-order valence-electron chi connectivity index (χ3n) is 3.84. The highest BCUT2D eigenvalue weighted by Gasteiger charge is 2.26. The molecule has 114 valence electrons. The summed E-state index contributed by atoms with van der Waals surface area (Å²) in [6, 6.07) is 8.34. The fourth-order valence-corrected chi connectivity index (χ4v) is 4.21. The molecule has 1 aliphatic heterocycles. The second-order valence-corrected chi connectivity index (χ2v) is 7.06. The number of sulfonamides is 1. The van der Waals surface area contributed by atoms with Gasteiger partial charge in [0, 0.05) is 19.6 Å². The van der Waals surface area contributed by atoms with Crippen LogP contribution in [0.4, 0.5) is 0 Å². The van der Waals surface area contributed by atoms with Crippen LogP contribution in [0.5, 0.6) is 0 Å². The smallest absolute Gasteiger partial charge is 0.244 e. The number of benzene rings is 1. The Balaban J connectivity index is 2.17. The lowest BCUT2D eigenvalue weighted by Gasteiger charge is -2.24. The van der Waals surface area contributed by atoms with Crippen molar-refractivity contribution < 1.29 is 8.42 Å². The van der Waals surface area contributed by atoms with Gasteiger partial charge in [0.05, 0.1) is 10.5 Å². The molecule has 1 saturated heterocycles. The monoisotopic (exact) mass is 307 g/mol. The number of hydrogen-bond acceptors (Lipinski definition) is 4. The van der Waals surface area contributed by atoms with Crippen LogP contribution in [0.3, 0.4) is 0 Å². The number of likely N-dealkylation sites (tertiary alicyclic amines) is 1. The zero-order valence-corrected chi connectivity index (χ0v) is 13.1. The summed E-state index contributed by atoms with van der Waals surface area (Å²) in [5.41, 5.74) is 0.206. The first-order valence-electron chi connectivity index (χ1n) is 7.31. The zero-order chi connectivity index (χ0) is 15.3. The van der Waals surface area contributed by atoms with E-state index in [1.165, 1.54) is 23.2 Å². The minimum Gasteiger partial charge on any atom is -0.302 e. The highest BCUT2D eigenvalue weighted by molar-refractivity contribution is 7.89. The van der Waals surface area contributed by atoms with Gasteiger partial charge >= 0.3 is 0 Å². The molecule has 1 heterocycles. The number of nitrogens with zero attached hydrogens (tertiary/aromatic N) is 3. The molecule has 0 spiro atoms. The summed E-state index contributed by atoms with van der Waals surface area (Å²) < 4.78 is 26.9. The van der Waals surface area contributed by atoms with Gasteiger partial charge in [-0.05, 0) is 38.1 Å². The van der Waals surface area contributed by atoms with E-state index >= 15 is 0 Å². The van der Waals surface area contributed by atoms with Crippen LogP contribution in [-0.4, -0.2) is 50.3 Å². The Hall–Kier alpha value is -1.42. The number of hydrogen-bond donors (Lipinski definition) is 0. The fourth-order valence-electron chi connectivity index (χ4n) is 2.63. The molecular formula is C15H21N3O2S. The van der Waals surface area contributed by atoms with Gasteiger partial charge in [0.25, 0.3) is 0 Å². The molecule has 0 saturated carbocycles. The van der Waals surface area contributed by atoms with E-state index in [9.17, 15) is 8.42 Å². The predicted octanol–water partition coefficient (Wildman–Crippen LogP) is 1.66. The fraction of sp³-hybridized carbons (Fsp3) is 0.533. The Morgan fingerprint density at radius 2 is 1.95 bits per heavy atom. The van der Waals surface area contributed by atoms with Gasteiger partial charge in [0.15, 0.2) is 0 Å². The van der Waals surface area contributed by atoms with Crippen LogP contribution in [0.1, 0.15) is 25.3 Å². The summed E-state index contributed by atoms with van der Waals surface area (Å²) in [6.07, 6.45) is 2.38. The Morgan fingerprint density at radius 3 is 2.57 bits per heavy atom. The maximum atomic E-state index is 12.7. The summed E-state index contributed by atoms with van der Waals surface area (Å²) in [6.45, 7) is 5.56. The lowest BCUT2D eigenvalue weighted by molar-refractivity contribution is 0.299. The normalized spacial score (nSPS) is 16.2. The van der Waals surface area contributed by atoms with Gasteiger partial charge in [-0.1, -0.05) is 19.1 Å². The van der Waals surface area contributed by atoms with Crippen molar-refractivity contribution in [2.45, 2.75) is 24.7 Å². The number of nitriles is 1. The molecule has 0 aliphatic carbocycles. The van der Waals surface area contributed by atoms with Crippen molar-refractivity contribution in [3.8, 4) is 6.07 Å². The number of likely N-dealkylation sites (N-methyl/N-ethyl adjacent to an activating group) is 1. The molecule has 21 heavy (non-hydrogen) atoms. The van der Waals surface area contributed by atoms with Crippen LogP contribution < -0.4 is 0 Å². The van der Waals surface area contributed by atoms with Crippen molar-refractivity contribution in [3.63, 3.8) is 0 Å². The first kappa shape index (κ1) is 16.0. The van der Waals surface area contributed by atoms with Gasteiger partial charge in [-0.2, -0.15) is 9.57 Å². The summed E-state index contributed by atoms with van der Waals surface area (Å²) in [5, 5.41) is 9.10. The Bertz CT molecular complexity index is 616. The van der Waals surface area contributed by atoms with Crippen LogP contribution in [0.15, 0.2) is 29.2 Å². The molecule has 0 radical (unpaired) electrons. The summed E-state index contributed by atoms with van der Waals surface area (Å²) >= 11 is 0. The largest absolute Gasteiger partial charge is 0.302 e. The van der Waals surface area contributed by atoms with Gasteiger partial charge in [-0.3, -0.25) is 0 Å². The zero-order valence-electron chi connectivity index (χ0n) is 12.3. The van der Waals surface area contributed by atoms with Crippen molar-refractivity contribution in [2.24, 2.45) is 0 Å². The van der Waals surface area contributed by atoms with Crippen molar-refractivity contribution in [1.82, 2.24) is 9.21 Å². The number of rotatable bonds is 6. The highest BCUT2D eigenvalue weighted by atomic mass is 32.2. The first-order chi connectivity index (χ1) is 10.1. The van der Waals surface area contributed by atoms with Crippen LogP contribution in [0.25, 0.3) is 0 Å².